The van der Waals surface area contributed by atoms with E-state index in [1.54, 1.807) is 0 Å². The van der Waals surface area contributed by atoms with Gasteiger partial charge < -0.3 is 5.32 Å². The molecule has 3 rings (SSSR count). The van der Waals surface area contributed by atoms with Crippen LogP contribution in [0.4, 0.5) is 0 Å². The van der Waals surface area contributed by atoms with Crippen LogP contribution in [0, 0.1) is 5.92 Å². The Labute approximate surface area is 152 Å². The summed E-state index contributed by atoms with van der Waals surface area (Å²) in [6.45, 7) is 0.442. The summed E-state index contributed by atoms with van der Waals surface area (Å²) in [5.74, 6) is -0.934. The molecular weight excluding hydrogens is 328 g/mol. The molecule has 134 valence electrons. The SMILES string of the molecule is O=C(CC1CC(=O)NC(=O)C1)NCc1ccc(Cc2ccccc2)cc1. The monoisotopic (exact) mass is 350 g/mol. The van der Waals surface area contributed by atoms with Crippen molar-refractivity contribution in [3.8, 4) is 0 Å². The Kier molecular flexibility index (Phi) is 5.79. The smallest absolute Gasteiger partial charge is 0.226 e. The molecule has 0 unspecified atom stereocenters. The quantitative estimate of drug-likeness (QED) is 0.785. The minimum atomic E-state index is -0.298. The first-order valence-electron chi connectivity index (χ1n) is 8.79. The highest BCUT2D eigenvalue weighted by Gasteiger charge is 2.26. The fourth-order valence-electron chi connectivity index (χ4n) is 3.14. The fraction of sp³-hybridized carbons (Fsp3) is 0.286. The zero-order valence-electron chi connectivity index (χ0n) is 14.5. The summed E-state index contributed by atoms with van der Waals surface area (Å²) in [6.07, 6.45) is 1.54. The largest absolute Gasteiger partial charge is 0.352 e. The molecule has 0 radical (unpaired) electrons. The molecule has 0 aliphatic carbocycles. The molecule has 0 atom stereocenters. The first-order valence-corrected chi connectivity index (χ1v) is 8.79. The number of rotatable bonds is 6. The van der Waals surface area contributed by atoms with Crippen LogP contribution < -0.4 is 10.6 Å². The van der Waals surface area contributed by atoms with Gasteiger partial charge in [-0.15, -0.1) is 0 Å². The van der Waals surface area contributed by atoms with Crippen molar-refractivity contribution >= 4 is 17.7 Å². The summed E-state index contributed by atoms with van der Waals surface area (Å²) < 4.78 is 0. The maximum atomic E-state index is 12.1. The average Bonchev–Trinajstić information content (AvgIpc) is 2.61. The topological polar surface area (TPSA) is 75.3 Å². The predicted molar refractivity (Wildman–Crippen MR) is 98.0 cm³/mol. The van der Waals surface area contributed by atoms with Gasteiger partial charge >= 0.3 is 0 Å². The molecule has 1 heterocycles. The van der Waals surface area contributed by atoms with Crippen molar-refractivity contribution in [3.05, 3.63) is 71.3 Å². The van der Waals surface area contributed by atoms with Crippen molar-refractivity contribution < 1.29 is 14.4 Å². The molecule has 0 saturated carbocycles. The molecule has 0 aromatic heterocycles. The molecule has 3 amide bonds. The van der Waals surface area contributed by atoms with Gasteiger partial charge in [-0.1, -0.05) is 54.6 Å². The number of imide groups is 1. The van der Waals surface area contributed by atoms with Crippen LogP contribution in [0.5, 0.6) is 0 Å². The summed E-state index contributed by atoms with van der Waals surface area (Å²) >= 11 is 0. The Hall–Kier alpha value is -2.95. The molecular formula is C21H22N2O3. The van der Waals surface area contributed by atoms with Crippen LogP contribution in [0.3, 0.4) is 0 Å². The van der Waals surface area contributed by atoms with Crippen LogP contribution >= 0.6 is 0 Å². The molecule has 1 saturated heterocycles. The van der Waals surface area contributed by atoms with E-state index in [-0.39, 0.29) is 42.9 Å². The van der Waals surface area contributed by atoms with Crippen LogP contribution in [0.2, 0.25) is 0 Å². The molecule has 1 fully saturated rings. The van der Waals surface area contributed by atoms with E-state index >= 15 is 0 Å². The minimum Gasteiger partial charge on any atom is -0.352 e. The highest BCUT2D eigenvalue weighted by molar-refractivity contribution is 5.98. The first-order chi connectivity index (χ1) is 12.6. The number of amides is 3. The Balaban J connectivity index is 1.46. The Morgan fingerprint density at radius 3 is 2.12 bits per heavy atom. The summed E-state index contributed by atoms with van der Waals surface area (Å²) in [5, 5.41) is 5.12. The van der Waals surface area contributed by atoms with Crippen molar-refractivity contribution in [2.75, 3.05) is 0 Å². The highest BCUT2D eigenvalue weighted by Crippen LogP contribution is 2.17. The van der Waals surface area contributed by atoms with Gasteiger partial charge in [0.1, 0.15) is 0 Å². The summed E-state index contributed by atoms with van der Waals surface area (Å²) in [5.41, 5.74) is 3.50. The predicted octanol–water partition coefficient (Wildman–Crippen LogP) is 2.34. The second kappa shape index (κ2) is 8.43. The van der Waals surface area contributed by atoms with E-state index in [0.717, 1.165) is 12.0 Å². The lowest BCUT2D eigenvalue weighted by Gasteiger charge is -2.20. The first kappa shape index (κ1) is 17.9. The van der Waals surface area contributed by atoms with Gasteiger partial charge in [0.05, 0.1) is 0 Å². The van der Waals surface area contributed by atoms with Crippen LogP contribution in [-0.2, 0) is 27.3 Å². The van der Waals surface area contributed by atoms with E-state index in [2.05, 4.69) is 34.9 Å². The van der Waals surface area contributed by atoms with E-state index in [9.17, 15) is 14.4 Å². The van der Waals surface area contributed by atoms with Crippen molar-refractivity contribution in [1.82, 2.24) is 10.6 Å². The maximum Gasteiger partial charge on any atom is 0.226 e. The Morgan fingerprint density at radius 2 is 1.46 bits per heavy atom. The number of hydrogen-bond acceptors (Lipinski definition) is 3. The van der Waals surface area contributed by atoms with Gasteiger partial charge in [-0.3, -0.25) is 19.7 Å². The Morgan fingerprint density at radius 1 is 0.885 bits per heavy atom. The zero-order chi connectivity index (χ0) is 18.4. The highest BCUT2D eigenvalue weighted by atomic mass is 16.2. The van der Waals surface area contributed by atoms with Crippen LogP contribution in [-0.4, -0.2) is 17.7 Å². The molecule has 0 bridgehead atoms. The number of carbonyl (C=O) groups is 3. The minimum absolute atomic E-state index is 0.133. The number of benzene rings is 2. The molecule has 1 aliphatic heterocycles. The Bertz CT molecular complexity index is 769. The second-order valence-corrected chi connectivity index (χ2v) is 6.71. The van der Waals surface area contributed by atoms with Crippen LogP contribution in [0.25, 0.3) is 0 Å². The summed E-state index contributed by atoms with van der Waals surface area (Å²) in [4.78, 5) is 34.7. The third-order valence-corrected chi connectivity index (χ3v) is 4.46. The van der Waals surface area contributed by atoms with Crippen LogP contribution in [0.1, 0.15) is 36.0 Å². The molecule has 5 nitrogen and oxygen atoms in total. The third-order valence-electron chi connectivity index (χ3n) is 4.46. The van der Waals surface area contributed by atoms with Gasteiger partial charge in [-0.25, -0.2) is 0 Å². The lowest BCUT2D eigenvalue weighted by Crippen LogP contribution is -2.40. The summed E-state index contributed by atoms with van der Waals surface area (Å²) in [6, 6.07) is 18.4. The van der Waals surface area contributed by atoms with Gasteiger partial charge in [0.2, 0.25) is 17.7 Å². The normalized spacial score (nSPS) is 14.8. The van der Waals surface area contributed by atoms with E-state index in [0.29, 0.717) is 6.54 Å². The lowest BCUT2D eigenvalue weighted by molar-refractivity contribution is -0.135. The number of hydrogen-bond donors (Lipinski definition) is 2. The van der Waals surface area contributed by atoms with Gasteiger partial charge in [-0.05, 0) is 29.0 Å². The van der Waals surface area contributed by atoms with Gasteiger partial charge in [0, 0.05) is 25.8 Å². The van der Waals surface area contributed by atoms with Crippen molar-refractivity contribution in [2.45, 2.75) is 32.2 Å². The maximum absolute atomic E-state index is 12.1. The van der Waals surface area contributed by atoms with Gasteiger partial charge in [-0.2, -0.15) is 0 Å². The van der Waals surface area contributed by atoms with Crippen molar-refractivity contribution in [3.63, 3.8) is 0 Å². The van der Waals surface area contributed by atoms with Crippen molar-refractivity contribution in [2.24, 2.45) is 5.92 Å². The number of carbonyl (C=O) groups excluding carboxylic acids is 3. The standard InChI is InChI=1S/C21H22N2O3/c24-19(11-18-12-20(25)23-21(26)13-18)22-14-17-8-6-16(7-9-17)10-15-4-2-1-3-5-15/h1-9,18H,10-14H2,(H,22,24)(H,23,25,26). The molecule has 2 aromatic carbocycles. The number of nitrogens with one attached hydrogen (secondary N) is 2. The molecule has 26 heavy (non-hydrogen) atoms. The summed E-state index contributed by atoms with van der Waals surface area (Å²) in [7, 11) is 0. The third kappa shape index (κ3) is 5.28. The van der Waals surface area contributed by atoms with E-state index in [4.69, 9.17) is 0 Å². The van der Waals surface area contributed by atoms with Gasteiger partial charge in [0.15, 0.2) is 0 Å². The van der Waals surface area contributed by atoms with E-state index in [1.165, 1.54) is 11.1 Å². The lowest BCUT2D eigenvalue weighted by atomic mass is 9.93. The molecule has 2 aromatic rings. The fourth-order valence-corrected chi connectivity index (χ4v) is 3.14. The average molecular weight is 350 g/mol. The van der Waals surface area contributed by atoms with Gasteiger partial charge in [0.25, 0.3) is 0 Å². The second-order valence-electron chi connectivity index (χ2n) is 6.71. The molecule has 1 aliphatic rings. The van der Waals surface area contributed by atoms with Crippen molar-refractivity contribution in [1.29, 1.82) is 0 Å². The van der Waals surface area contributed by atoms with E-state index < -0.39 is 0 Å². The zero-order valence-corrected chi connectivity index (χ0v) is 14.5. The number of piperidine rings is 1. The van der Waals surface area contributed by atoms with E-state index in [1.807, 2.05) is 30.3 Å². The van der Waals surface area contributed by atoms with Crippen LogP contribution in [0.15, 0.2) is 54.6 Å². The molecule has 2 N–H and O–H groups in total. The molecule has 0 spiro atoms. The molecule has 5 heteroatoms.